The van der Waals surface area contributed by atoms with Crippen LogP contribution in [0.4, 0.5) is 9.18 Å². The summed E-state index contributed by atoms with van der Waals surface area (Å²) in [6.45, 7) is 2.32. The average molecular weight is 523 g/mol. The van der Waals surface area contributed by atoms with Gasteiger partial charge in [0, 0.05) is 34.7 Å². The number of nitrogens with zero attached hydrogens (tertiary/aromatic N) is 3. The molecule has 32 heavy (non-hydrogen) atoms. The van der Waals surface area contributed by atoms with Crippen molar-refractivity contribution in [3.8, 4) is 0 Å². The molecular weight excluding hydrogens is 503 g/mol. The Bertz CT molecular complexity index is 1110. The van der Waals surface area contributed by atoms with Gasteiger partial charge in [-0.05, 0) is 24.6 Å². The standard InChI is InChI=1S/C21H20BrFN4O4S/c1-3-31-20(28)16-15-9-12(25-21(29)30-2)10-27(15)18(19-24-6-7-32-19)26-17(16)13-5-4-11(23)8-14(13)22/h4-8,12,17H,3,9-10H2,1-2H3,(H,25,29)/t12-,17+/m1/s1. The van der Waals surface area contributed by atoms with Gasteiger partial charge in [0.05, 0.1) is 25.3 Å². The number of hydrogen-bond donors (Lipinski definition) is 1. The first-order valence-corrected chi connectivity index (χ1v) is 11.5. The van der Waals surface area contributed by atoms with E-state index in [-0.39, 0.29) is 12.6 Å². The Hall–Kier alpha value is -2.79. The van der Waals surface area contributed by atoms with E-state index in [1.807, 2.05) is 10.3 Å². The SMILES string of the molecule is CCOC(=O)C1=C2C[C@@H](NC(=O)OC)CN2C(c2nccs2)=N[C@H]1c1ccc(F)cc1Br. The summed E-state index contributed by atoms with van der Waals surface area (Å²) in [7, 11) is 1.30. The van der Waals surface area contributed by atoms with E-state index in [2.05, 4.69) is 26.2 Å². The van der Waals surface area contributed by atoms with Crippen molar-refractivity contribution in [2.45, 2.75) is 25.4 Å². The molecule has 4 rings (SSSR count). The largest absolute Gasteiger partial charge is 0.463 e. The zero-order valence-electron chi connectivity index (χ0n) is 17.3. The second kappa shape index (κ2) is 9.37. The number of nitrogens with one attached hydrogen (secondary N) is 1. The van der Waals surface area contributed by atoms with Crippen LogP contribution in [0.15, 0.2) is 50.5 Å². The third kappa shape index (κ3) is 4.26. The first-order chi connectivity index (χ1) is 15.4. The summed E-state index contributed by atoms with van der Waals surface area (Å²) in [4.78, 5) is 36.1. The van der Waals surface area contributed by atoms with Crippen LogP contribution in [0.2, 0.25) is 0 Å². The van der Waals surface area contributed by atoms with Crippen molar-refractivity contribution in [3.63, 3.8) is 0 Å². The minimum atomic E-state index is -0.731. The number of methoxy groups -OCH3 is 1. The normalized spacial score (nSPS) is 20.0. The Morgan fingerprint density at radius 1 is 1.41 bits per heavy atom. The average Bonchev–Trinajstić information content (AvgIpc) is 3.42. The van der Waals surface area contributed by atoms with Crippen molar-refractivity contribution in [2.75, 3.05) is 20.3 Å². The second-order valence-corrected chi connectivity index (χ2v) is 8.84. The van der Waals surface area contributed by atoms with Crippen LogP contribution in [0.5, 0.6) is 0 Å². The van der Waals surface area contributed by atoms with Crippen molar-refractivity contribution in [2.24, 2.45) is 4.99 Å². The van der Waals surface area contributed by atoms with Crippen molar-refractivity contribution in [1.29, 1.82) is 0 Å². The number of amides is 1. The predicted molar refractivity (Wildman–Crippen MR) is 120 cm³/mol. The van der Waals surface area contributed by atoms with Gasteiger partial charge in [0.25, 0.3) is 0 Å². The fourth-order valence-electron chi connectivity index (χ4n) is 3.84. The minimum absolute atomic E-state index is 0.194. The molecule has 1 saturated heterocycles. The lowest BCUT2D eigenvalue weighted by atomic mass is 9.94. The van der Waals surface area contributed by atoms with Gasteiger partial charge >= 0.3 is 12.1 Å². The summed E-state index contributed by atoms with van der Waals surface area (Å²) in [6.07, 6.45) is 1.50. The van der Waals surface area contributed by atoms with Gasteiger partial charge in [-0.25, -0.2) is 19.0 Å². The smallest absolute Gasteiger partial charge is 0.407 e. The van der Waals surface area contributed by atoms with E-state index in [0.29, 0.717) is 45.1 Å². The number of ether oxygens (including phenoxy) is 2. The fourth-order valence-corrected chi connectivity index (χ4v) is 5.04. The van der Waals surface area contributed by atoms with E-state index < -0.39 is 23.9 Å². The number of amidine groups is 1. The lowest BCUT2D eigenvalue weighted by molar-refractivity contribution is -0.139. The first-order valence-electron chi connectivity index (χ1n) is 9.87. The number of halogens is 2. The number of aromatic nitrogens is 1. The molecule has 0 bridgehead atoms. The molecule has 0 radical (unpaired) electrons. The van der Waals surface area contributed by atoms with Crippen LogP contribution in [0, 0.1) is 5.82 Å². The molecule has 2 atom stereocenters. The second-order valence-electron chi connectivity index (χ2n) is 7.09. The number of esters is 1. The topological polar surface area (TPSA) is 93.1 Å². The number of carbonyl (C=O) groups excluding carboxylic acids is 2. The number of aliphatic imine (C=N–C) groups is 1. The van der Waals surface area contributed by atoms with Crippen LogP contribution >= 0.6 is 27.3 Å². The highest BCUT2D eigenvalue weighted by Crippen LogP contribution is 2.42. The molecule has 0 saturated carbocycles. The third-order valence-electron chi connectivity index (χ3n) is 5.14. The number of hydrogen-bond acceptors (Lipinski definition) is 8. The number of alkyl carbamates (subject to hydrolysis) is 1. The van der Waals surface area contributed by atoms with Gasteiger partial charge in [-0.1, -0.05) is 22.0 Å². The highest BCUT2D eigenvalue weighted by molar-refractivity contribution is 9.10. The van der Waals surface area contributed by atoms with Gasteiger partial charge in [0.2, 0.25) is 0 Å². The lowest BCUT2D eigenvalue weighted by Crippen LogP contribution is -2.39. The number of fused-ring (bicyclic) bond motifs is 1. The van der Waals surface area contributed by atoms with Crippen molar-refractivity contribution in [3.05, 3.63) is 61.9 Å². The molecule has 1 amide bonds. The van der Waals surface area contributed by atoms with E-state index >= 15 is 0 Å². The molecule has 3 heterocycles. The number of benzene rings is 1. The first kappa shape index (κ1) is 22.4. The highest BCUT2D eigenvalue weighted by Gasteiger charge is 2.43. The molecule has 168 valence electrons. The van der Waals surface area contributed by atoms with Crippen LogP contribution < -0.4 is 5.32 Å². The predicted octanol–water partition coefficient (Wildman–Crippen LogP) is 3.79. The van der Waals surface area contributed by atoms with Crippen molar-refractivity contribution < 1.29 is 23.5 Å². The van der Waals surface area contributed by atoms with E-state index in [9.17, 15) is 14.0 Å². The molecule has 0 unspecified atom stereocenters. The molecular formula is C21H20BrFN4O4S. The summed E-state index contributed by atoms with van der Waals surface area (Å²) >= 11 is 4.83. The molecule has 1 aromatic carbocycles. The molecule has 2 aliphatic heterocycles. The van der Waals surface area contributed by atoms with E-state index in [4.69, 9.17) is 14.5 Å². The number of rotatable bonds is 5. The van der Waals surface area contributed by atoms with E-state index in [1.54, 1.807) is 19.2 Å². The Morgan fingerprint density at radius 2 is 2.22 bits per heavy atom. The van der Waals surface area contributed by atoms with Crippen molar-refractivity contribution in [1.82, 2.24) is 15.2 Å². The van der Waals surface area contributed by atoms with Gasteiger partial charge in [-0.15, -0.1) is 11.3 Å². The molecule has 1 fully saturated rings. The van der Waals surface area contributed by atoms with Gasteiger partial charge in [0.1, 0.15) is 11.9 Å². The van der Waals surface area contributed by atoms with Gasteiger partial charge in [-0.3, -0.25) is 4.99 Å². The van der Waals surface area contributed by atoms with E-state index in [0.717, 1.165) is 0 Å². The van der Waals surface area contributed by atoms with Crippen LogP contribution in [-0.4, -0.2) is 54.1 Å². The summed E-state index contributed by atoms with van der Waals surface area (Å²) < 4.78 is 24.4. The maximum Gasteiger partial charge on any atom is 0.407 e. The maximum absolute atomic E-state index is 13.8. The molecule has 8 nitrogen and oxygen atoms in total. The molecule has 2 aliphatic rings. The molecule has 0 aliphatic carbocycles. The van der Waals surface area contributed by atoms with Crippen molar-refractivity contribution >= 4 is 45.2 Å². The van der Waals surface area contributed by atoms with Crippen LogP contribution in [0.1, 0.15) is 30.0 Å². The molecule has 0 spiro atoms. The van der Waals surface area contributed by atoms with Gasteiger partial charge in [-0.2, -0.15) is 0 Å². The number of carbonyl (C=O) groups is 2. The lowest BCUT2D eigenvalue weighted by Gasteiger charge is -2.31. The summed E-state index contributed by atoms with van der Waals surface area (Å²) in [5.74, 6) is -0.330. The van der Waals surface area contributed by atoms with Crippen LogP contribution in [0.3, 0.4) is 0 Å². The Kier molecular flexibility index (Phi) is 6.56. The zero-order chi connectivity index (χ0) is 22.8. The molecule has 2 aromatic rings. The summed E-state index contributed by atoms with van der Waals surface area (Å²) in [6, 6.07) is 3.23. The minimum Gasteiger partial charge on any atom is -0.463 e. The number of thiazole rings is 1. The Labute approximate surface area is 196 Å². The molecule has 1 N–H and O–H groups in total. The van der Waals surface area contributed by atoms with E-state index in [1.165, 1.54) is 30.6 Å². The Balaban J connectivity index is 1.86. The quantitative estimate of drug-likeness (QED) is 0.600. The van der Waals surface area contributed by atoms with Gasteiger partial charge in [0.15, 0.2) is 10.8 Å². The Morgan fingerprint density at radius 3 is 2.88 bits per heavy atom. The van der Waals surface area contributed by atoms with Gasteiger partial charge < -0.3 is 19.7 Å². The molecule has 11 heteroatoms. The summed E-state index contributed by atoms with van der Waals surface area (Å²) in [5, 5.41) is 5.31. The summed E-state index contributed by atoms with van der Waals surface area (Å²) in [5.41, 5.74) is 1.67. The monoisotopic (exact) mass is 522 g/mol. The zero-order valence-corrected chi connectivity index (χ0v) is 19.7. The van der Waals surface area contributed by atoms with Crippen LogP contribution in [0.25, 0.3) is 0 Å². The van der Waals surface area contributed by atoms with Crippen LogP contribution in [-0.2, 0) is 14.3 Å². The molecule has 1 aromatic heterocycles. The third-order valence-corrected chi connectivity index (χ3v) is 6.60. The maximum atomic E-state index is 13.8. The highest BCUT2D eigenvalue weighted by atomic mass is 79.9. The fraction of sp³-hybridized carbons (Fsp3) is 0.333.